The minimum Gasteiger partial charge on any atom is -0.416 e. The zero-order chi connectivity index (χ0) is 30.6. The van der Waals surface area contributed by atoms with Crippen LogP contribution in [-0.2, 0) is 21.0 Å². The Bertz CT molecular complexity index is 1910. The van der Waals surface area contributed by atoms with Gasteiger partial charge in [-0.1, -0.05) is 30.3 Å². The maximum absolute atomic E-state index is 13.2. The molecule has 0 aliphatic carbocycles. The second-order valence-corrected chi connectivity index (χ2v) is 11.1. The summed E-state index contributed by atoms with van der Waals surface area (Å²) in [5.74, 6) is -0.0443. The van der Waals surface area contributed by atoms with Gasteiger partial charge in [-0.25, -0.2) is 8.42 Å². The lowest BCUT2D eigenvalue weighted by atomic mass is 10.1. The lowest BCUT2D eigenvalue weighted by Gasteiger charge is -2.21. The number of para-hydroxylation sites is 1. The number of pyridine rings is 1. The summed E-state index contributed by atoms with van der Waals surface area (Å²) in [7, 11) is -3.05. The lowest BCUT2D eigenvalue weighted by molar-refractivity contribution is -0.137. The first kappa shape index (κ1) is 29.2. The minimum atomic E-state index is -4.62. The predicted octanol–water partition coefficient (Wildman–Crippen LogP) is 6.29. The van der Waals surface area contributed by atoms with Crippen molar-refractivity contribution < 1.29 is 30.8 Å². The fraction of sp³-hybridized carbons (Fsp3) is 0.0667. The average Bonchev–Trinajstić information content (AvgIpc) is 3.50. The monoisotopic (exact) mass is 605 g/mol. The number of carbonyl (C=O) groups excluding carboxylic acids is 1. The molecule has 5 aromatic rings. The highest BCUT2D eigenvalue weighted by molar-refractivity contribution is 7.92. The van der Waals surface area contributed by atoms with E-state index in [4.69, 9.17) is 4.42 Å². The third kappa shape index (κ3) is 6.62. The summed E-state index contributed by atoms with van der Waals surface area (Å²) in [6, 6.07) is 20.0. The summed E-state index contributed by atoms with van der Waals surface area (Å²) in [5.41, 5.74) is 0.834. The van der Waals surface area contributed by atoms with Crippen LogP contribution in [0.2, 0.25) is 0 Å². The Morgan fingerprint density at radius 2 is 1.63 bits per heavy atom. The Balaban J connectivity index is 1.32. The molecule has 3 aromatic carbocycles. The molecule has 218 valence electrons. The first-order valence-electron chi connectivity index (χ1n) is 12.6. The van der Waals surface area contributed by atoms with Crippen molar-refractivity contribution >= 4 is 33.4 Å². The van der Waals surface area contributed by atoms with Gasteiger partial charge in [-0.3, -0.25) is 14.1 Å². The van der Waals surface area contributed by atoms with E-state index in [0.29, 0.717) is 22.4 Å². The summed E-state index contributed by atoms with van der Waals surface area (Å²) in [6.07, 6.45) is 1.20. The van der Waals surface area contributed by atoms with E-state index in [1.54, 1.807) is 54.9 Å². The molecule has 43 heavy (non-hydrogen) atoms. The van der Waals surface area contributed by atoms with E-state index in [2.05, 4.69) is 20.5 Å². The van der Waals surface area contributed by atoms with Crippen LogP contribution in [0.5, 0.6) is 0 Å². The molecule has 0 bridgehead atoms. The van der Waals surface area contributed by atoms with E-state index < -0.39 is 27.7 Å². The molecule has 1 N–H and O–H groups in total. The number of amides is 1. The van der Waals surface area contributed by atoms with E-state index in [9.17, 15) is 26.4 Å². The Morgan fingerprint density at radius 3 is 2.40 bits per heavy atom. The minimum absolute atomic E-state index is 0.150. The van der Waals surface area contributed by atoms with E-state index in [0.717, 1.165) is 22.5 Å². The number of sulfonamides is 1. The van der Waals surface area contributed by atoms with Crippen LogP contribution in [0.15, 0.2) is 113 Å². The summed E-state index contributed by atoms with van der Waals surface area (Å²) < 4.78 is 72.4. The maximum Gasteiger partial charge on any atom is 0.416 e. The normalized spacial score (nSPS) is 11.9. The number of halogens is 3. The quantitative estimate of drug-likeness (QED) is 0.206. The number of rotatable bonds is 8. The van der Waals surface area contributed by atoms with Gasteiger partial charge in [-0.15, -0.1) is 10.2 Å². The number of aromatic nitrogens is 3. The molecule has 0 aliphatic heterocycles. The molecule has 1 amide bonds. The van der Waals surface area contributed by atoms with Gasteiger partial charge in [0.05, 0.1) is 27.4 Å². The molecular weight excluding hydrogens is 583 g/mol. The first-order valence-corrected chi connectivity index (χ1v) is 14.0. The van der Waals surface area contributed by atoms with E-state index >= 15 is 0 Å². The van der Waals surface area contributed by atoms with Crippen molar-refractivity contribution in [3.8, 4) is 22.9 Å². The molecule has 13 heteroatoms. The van der Waals surface area contributed by atoms with Gasteiger partial charge in [0.25, 0.3) is 10.0 Å². The van der Waals surface area contributed by atoms with E-state index in [1.807, 2.05) is 0 Å². The number of carbonyl (C=O) groups is 1. The van der Waals surface area contributed by atoms with Crippen molar-refractivity contribution in [3.63, 3.8) is 0 Å². The molecule has 2 heterocycles. The Kier molecular flexibility index (Phi) is 8.08. The fourth-order valence-electron chi connectivity index (χ4n) is 4.02. The Labute approximate surface area is 244 Å². The number of alkyl halides is 3. The van der Waals surface area contributed by atoms with Crippen molar-refractivity contribution in [2.24, 2.45) is 0 Å². The molecule has 0 unspecified atom stereocenters. The average molecular weight is 606 g/mol. The second-order valence-electron chi connectivity index (χ2n) is 9.11. The number of hydrogen-bond acceptors (Lipinski definition) is 7. The van der Waals surface area contributed by atoms with Gasteiger partial charge in [0, 0.05) is 31.1 Å². The van der Waals surface area contributed by atoms with Gasteiger partial charge in [0.2, 0.25) is 17.7 Å². The van der Waals surface area contributed by atoms with Crippen molar-refractivity contribution in [1.29, 1.82) is 0 Å². The van der Waals surface area contributed by atoms with Gasteiger partial charge >= 0.3 is 6.18 Å². The van der Waals surface area contributed by atoms with Crippen LogP contribution < -0.4 is 9.62 Å². The molecule has 0 atom stereocenters. The number of hydrogen-bond donors (Lipinski definition) is 1. The molecule has 9 nitrogen and oxygen atoms in total. The third-order valence-corrected chi connectivity index (χ3v) is 8.03. The topological polar surface area (TPSA) is 118 Å². The highest BCUT2D eigenvalue weighted by atomic mass is 32.2. The maximum atomic E-state index is 13.2. The highest BCUT2D eigenvalue weighted by Crippen LogP contribution is 2.33. The number of anilines is 2. The van der Waals surface area contributed by atoms with Crippen LogP contribution in [0.1, 0.15) is 11.1 Å². The van der Waals surface area contributed by atoms with Crippen LogP contribution in [-0.4, -0.2) is 36.6 Å². The van der Waals surface area contributed by atoms with Crippen molar-refractivity contribution in [1.82, 2.24) is 15.2 Å². The van der Waals surface area contributed by atoms with Gasteiger partial charge in [-0.2, -0.15) is 13.2 Å². The van der Waals surface area contributed by atoms with E-state index in [1.165, 1.54) is 43.5 Å². The zero-order valence-corrected chi connectivity index (χ0v) is 23.2. The molecule has 0 spiro atoms. The van der Waals surface area contributed by atoms with Crippen LogP contribution in [0, 0.1) is 0 Å². The highest BCUT2D eigenvalue weighted by Gasteiger charge is 2.31. The van der Waals surface area contributed by atoms with Crippen LogP contribution in [0.25, 0.3) is 29.0 Å². The van der Waals surface area contributed by atoms with Crippen LogP contribution >= 0.6 is 0 Å². The van der Waals surface area contributed by atoms with Gasteiger partial charge in [-0.05, 0) is 66.2 Å². The first-order chi connectivity index (χ1) is 20.5. The Hall–Kier alpha value is -5.30. The van der Waals surface area contributed by atoms with Gasteiger partial charge in [0.1, 0.15) is 0 Å². The van der Waals surface area contributed by atoms with Crippen molar-refractivity contribution in [2.75, 3.05) is 16.7 Å². The standard InChI is InChI=1S/C30H22F3N5O4S/c1-38(23-8-5-7-22(19-23)30(31,32)33)43(40,41)24-9-4-6-20(18-24)12-13-27(39)35-26-11-3-2-10-25(26)29-37-36-28(42-29)21-14-16-34-17-15-21/h2-19H,1H3,(H,35,39)/b13-12+. The third-order valence-electron chi connectivity index (χ3n) is 6.25. The second kappa shape index (κ2) is 11.9. The molecular formula is C30H22F3N5O4S. The SMILES string of the molecule is CN(c1cccc(C(F)(F)F)c1)S(=O)(=O)c1cccc(/C=C/C(=O)Nc2ccccc2-c2nnc(-c3ccncc3)o2)c1. The van der Waals surface area contributed by atoms with Crippen molar-refractivity contribution in [2.45, 2.75) is 11.1 Å². The summed E-state index contributed by atoms with van der Waals surface area (Å²) in [6.45, 7) is 0. The van der Waals surface area contributed by atoms with E-state index in [-0.39, 0.29) is 22.4 Å². The molecule has 0 saturated carbocycles. The summed E-state index contributed by atoms with van der Waals surface area (Å²) >= 11 is 0. The molecule has 0 saturated heterocycles. The molecule has 5 rings (SSSR count). The Morgan fingerprint density at radius 1 is 0.907 bits per heavy atom. The smallest absolute Gasteiger partial charge is 0.416 e. The summed E-state index contributed by atoms with van der Waals surface area (Å²) in [5, 5.41) is 10.9. The molecule has 0 aliphatic rings. The van der Waals surface area contributed by atoms with Crippen LogP contribution in [0.4, 0.5) is 24.5 Å². The van der Waals surface area contributed by atoms with Crippen LogP contribution in [0.3, 0.4) is 0 Å². The van der Waals surface area contributed by atoms with Gasteiger partial charge < -0.3 is 9.73 Å². The lowest BCUT2D eigenvalue weighted by Crippen LogP contribution is -2.27. The number of nitrogens with one attached hydrogen (secondary N) is 1. The number of benzene rings is 3. The largest absolute Gasteiger partial charge is 0.416 e. The predicted molar refractivity (Wildman–Crippen MR) is 154 cm³/mol. The molecule has 2 aromatic heterocycles. The van der Waals surface area contributed by atoms with Crippen molar-refractivity contribution in [3.05, 3.63) is 115 Å². The van der Waals surface area contributed by atoms with Gasteiger partial charge in [0.15, 0.2) is 0 Å². The zero-order valence-electron chi connectivity index (χ0n) is 22.4. The summed E-state index contributed by atoms with van der Waals surface area (Å²) in [4.78, 5) is 16.6. The fourth-order valence-corrected chi connectivity index (χ4v) is 5.26. The number of nitrogens with zero attached hydrogens (tertiary/aromatic N) is 4. The molecule has 0 radical (unpaired) electrons. The molecule has 0 fully saturated rings.